The molecule has 2 aromatic carbocycles. The highest BCUT2D eigenvalue weighted by molar-refractivity contribution is 5.94. The van der Waals surface area contributed by atoms with Gasteiger partial charge in [-0.25, -0.2) is 4.98 Å². The van der Waals surface area contributed by atoms with E-state index in [1.165, 1.54) is 12.1 Å². The number of alkyl halides is 3. The maximum Gasteiger partial charge on any atom is 0.416 e. The Balaban J connectivity index is 1.54. The largest absolute Gasteiger partial charge is 0.416 e. The van der Waals surface area contributed by atoms with Crippen molar-refractivity contribution in [3.05, 3.63) is 65.5 Å². The molecule has 3 aromatic rings. The average molecular weight is 373 g/mol. The Morgan fingerprint density at radius 1 is 1.11 bits per heavy atom. The molecule has 1 aromatic heterocycles. The number of nitrogens with zero attached hydrogens (tertiary/aromatic N) is 3. The Labute approximate surface area is 154 Å². The van der Waals surface area contributed by atoms with Crippen molar-refractivity contribution in [3.8, 4) is 0 Å². The molecule has 1 saturated heterocycles. The number of carbonyl (C=O) groups excluding carboxylic acids is 1. The molecule has 1 unspecified atom stereocenters. The van der Waals surface area contributed by atoms with Gasteiger partial charge in [-0.3, -0.25) is 4.79 Å². The van der Waals surface area contributed by atoms with Crippen molar-refractivity contribution in [1.82, 2.24) is 14.5 Å². The van der Waals surface area contributed by atoms with Crippen molar-refractivity contribution < 1.29 is 18.0 Å². The lowest BCUT2D eigenvalue weighted by Gasteiger charge is -2.19. The van der Waals surface area contributed by atoms with Gasteiger partial charge >= 0.3 is 6.18 Å². The minimum absolute atomic E-state index is 0.107. The number of likely N-dealkylation sites (tertiary alicyclic amines) is 1. The molecule has 4 rings (SSSR count). The van der Waals surface area contributed by atoms with Crippen LogP contribution in [0.2, 0.25) is 0 Å². The second kappa shape index (κ2) is 6.40. The van der Waals surface area contributed by atoms with Crippen LogP contribution in [0.1, 0.15) is 34.2 Å². The third-order valence-corrected chi connectivity index (χ3v) is 5.05. The van der Waals surface area contributed by atoms with Gasteiger partial charge in [0.2, 0.25) is 0 Å². The Hall–Kier alpha value is -2.83. The van der Waals surface area contributed by atoms with E-state index >= 15 is 0 Å². The van der Waals surface area contributed by atoms with Crippen LogP contribution < -0.4 is 0 Å². The number of hydrogen-bond donors (Lipinski definition) is 0. The number of imidazole rings is 1. The van der Waals surface area contributed by atoms with Gasteiger partial charge < -0.3 is 9.47 Å². The van der Waals surface area contributed by atoms with Gasteiger partial charge in [-0.15, -0.1) is 0 Å². The smallest absolute Gasteiger partial charge is 0.336 e. The Kier molecular flexibility index (Phi) is 4.17. The molecular formula is C20H18F3N3O. The first-order valence-corrected chi connectivity index (χ1v) is 8.74. The third kappa shape index (κ3) is 3.18. The molecule has 1 amide bonds. The van der Waals surface area contributed by atoms with E-state index in [4.69, 9.17) is 0 Å². The number of carbonyl (C=O) groups is 1. The summed E-state index contributed by atoms with van der Waals surface area (Å²) in [5, 5.41) is 0. The summed E-state index contributed by atoms with van der Waals surface area (Å²) in [6.07, 6.45) is -3.62. The zero-order valence-electron chi connectivity index (χ0n) is 14.7. The number of amides is 1. The van der Waals surface area contributed by atoms with Crippen LogP contribution in [0.3, 0.4) is 0 Å². The van der Waals surface area contributed by atoms with E-state index in [9.17, 15) is 18.0 Å². The van der Waals surface area contributed by atoms with Crippen molar-refractivity contribution in [2.75, 3.05) is 13.1 Å². The molecule has 140 valence electrons. The van der Waals surface area contributed by atoms with Gasteiger partial charge in [-0.05, 0) is 49.7 Å². The number of aromatic nitrogens is 2. The molecule has 4 nitrogen and oxygen atoms in total. The lowest BCUT2D eigenvalue weighted by Crippen LogP contribution is -2.29. The molecule has 2 heterocycles. The predicted octanol–water partition coefficient (Wildman–Crippen LogP) is 4.45. The summed E-state index contributed by atoms with van der Waals surface area (Å²) in [6.45, 7) is 3.03. The summed E-state index contributed by atoms with van der Waals surface area (Å²) < 4.78 is 40.2. The fraction of sp³-hybridized carbons (Fsp3) is 0.300. The van der Waals surface area contributed by atoms with E-state index in [1.54, 1.807) is 4.90 Å². The van der Waals surface area contributed by atoms with Crippen LogP contribution in [0.5, 0.6) is 0 Å². The maximum absolute atomic E-state index is 12.7. The van der Waals surface area contributed by atoms with Crippen LogP contribution in [-0.2, 0) is 6.18 Å². The quantitative estimate of drug-likeness (QED) is 0.666. The van der Waals surface area contributed by atoms with E-state index in [2.05, 4.69) is 9.55 Å². The fourth-order valence-corrected chi connectivity index (χ4v) is 3.75. The highest BCUT2D eigenvalue weighted by Crippen LogP contribution is 2.31. The second-order valence-corrected chi connectivity index (χ2v) is 6.79. The first kappa shape index (κ1) is 17.6. The molecule has 1 aliphatic heterocycles. The Morgan fingerprint density at radius 2 is 1.81 bits per heavy atom. The zero-order chi connectivity index (χ0) is 19.2. The molecule has 27 heavy (non-hydrogen) atoms. The van der Waals surface area contributed by atoms with Crippen molar-refractivity contribution in [2.24, 2.45) is 0 Å². The van der Waals surface area contributed by atoms with Crippen LogP contribution >= 0.6 is 0 Å². The zero-order valence-corrected chi connectivity index (χ0v) is 14.7. The highest BCUT2D eigenvalue weighted by Gasteiger charge is 2.32. The molecule has 1 fully saturated rings. The van der Waals surface area contributed by atoms with Crippen LogP contribution in [0.4, 0.5) is 13.2 Å². The molecule has 1 aliphatic rings. The van der Waals surface area contributed by atoms with Gasteiger partial charge in [0.15, 0.2) is 0 Å². The standard InChI is InChI=1S/C20H18F3N3O/c1-13-24-17-4-2-3-5-18(17)26(13)16-10-11-25(12-16)19(27)14-6-8-15(9-7-14)20(21,22)23/h2-9,16H,10-12H2,1H3. The third-order valence-electron chi connectivity index (χ3n) is 5.05. The molecule has 7 heteroatoms. The first-order valence-electron chi connectivity index (χ1n) is 8.74. The Bertz CT molecular complexity index is 992. The van der Waals surface area contributed by atoms with E-state index in [1.807, 2.05) is 31.2 Å². The fourth-order valence-electron chi connectivity index (χ4n) is 3.75. The number of benzene rings is 2. The van der Waals surface area contributed by atoms with Gasteiger partial charge in [-0.1, -0.05) is 12.1 Å². The van der Waals surface area contributed by atoms with Crippen molar-refractivity contribution in [2.45, 2.75) is 25.6 Å². The normalized spacial score (nSPS) is 17.6. The van der Waals surface area contributed by atoms with Gasteiger partial charge in [-0.2, -0.15) is 13.2 Å². The van der Waals surface area contributed by atoms with Gasteiger partial charge in [0.05, 0.1) is 22.6 Å². The van der Waals surface area contributed by atoms with Gasteiger partial charge in [0, 0.05) is 18.7 Å². The molecule has 0 bridgehead atoms. The van der Waals surface area contributed by atoms with Crippen molar-refractivity contribution in [1.29, 1.82) is 0 Å². The van der Waals surface area contributed by atoms with E-state index in [0.29, 0.717) is 13.1 Å². The second-order valence-electron chi connectivity index (χ2n) is 6.79. The molecule has 0 N–H and O–H groups in total. The lowest BCUT2D eigenvalue weighted by molar-refractivity contribution is -0.137. The summed E-state index contributed by atoms with van der Waals surface area (Å²) in [6, 6.07) is 12.4. The Morgan fingerprint density at radius 3 is 2.52 bits per heavy atom. The number of halogens is 3. The number of rotatable bonds is 2. The maximum atomic E-state index is 12.7. The van der Waals surface area contributed by atoms with Crippen LogP contribution in [-0.4, -0.2) is 33.4 Å². The number of aryl methyl sites for hydroxylation is 1. The summed E-state index contributed by atoms with van der Waals surface area (Å²) in [5.41, 5.74) is 1.47. The summed E-state index contributed by atoms with van der Waals surface area (Å²) in [5.74, 6) is 0.651. The molecule has 0 spiro atoms. The number of hydrogen-bond acceptors (Lipinski definition) is 2. The SMILES string of the molecule is Cc1nc2ccccc2n1C1CCN(C(=O)c2ccc(C(F)(F)F)cc2)C1. The van der Waals surface area contributed by atoms with Crippen LogP contribution in [0, 0.1) is 6.92 Å². The first-order chi connectivity index (χ1) is 12.8. The van der Waals surface area contributed by atoms with Gasteiger partial charge in [0.25, 0.3) is 5.91 Å². The van der Waals surface area contributed by atoms with Crippen molar-refractivity contribution in [3.63, 3.8) is 0 Å². The van der Waals surface area contributed by atoms with Crippen LogP contribution in [0.25, 0.3) is 11.0 Å². The van der Waals surface area contributed by atoms with E-state index in [0.717, 1.165) is 35.4 Å². The van der Waals surface area contributed by atoms with Gasteiger partial charge in [0.1, 0.15) is 5.82 Å². The molecule has 0 aliphatic carbocycles. The summed E-state index contributed by atoms with van der Waals surface area (Å²) in [7, 11) is 0. The minimum atomic E-state index is -4.40. The predicted molar refractivity (Wildman–Crippen MR) is 95.5 cm³/mol. The lowest BCUT2D eigenvalue weighted by atomic mass is 10.1. The number of para-hydroxylation sites is 2. The topological polar surface area (TPSA) is 38.1 Å². The summed E-state index contributed by atoms with van der Waals surface area (Å²) >= 11 is 0. The average Bonchev–Trinajstić information content (AvgIpc) is 3.23. The molecule has 0 saturated carbocycles. The minimum Gasteiger partial charge on any atom is -0.336 e. The monoisotopic (exact) mass is 373 g/mol. The number of fused-ring (bicyclic) bond motifs is 1. The molecule has 0 radical (unpaired) electrons. The van der Waals surface area contributed by atoms with E-state index in [-0.39, 0.29) is 17.5 Å². The van der Waals surface area contributed by atoms with Crippen LogP contribution in [0.15, 0.2) is 48.5 Å². The molecule has 1 atom stereocenters. The highest BCUT2D eigenvalue weighted by atomic mass is 19.4. The van der Waals surface area contributed by atoms with Crippen molar-refractivity contribution >= 4 is 16.9 Å². The van der Waals surface area contributed by atoms with E-state index < -0.39 is 11.7 Å². The summed E-state index contributed by atoms with van der Waals surface area (Å²) in [4.78, 5) is 19.0. The molecular weight excluding hydrogens is 355 g/mol.